The molecule has 1 unspecified atom stereocenters. The van der Waals surface area contributed by atoms with E-state index in [0.717, 1.165) is 5.57 Å². The number of fused-ring (bicyclic) bond motifs is 7. The fourth-order valence-corrected chi connectivity index (χ4v) is 14.7. The minimum atomic E-state index is -1.94. The van der Waals surface area contributed by atoms with Crippen LogP contribution in [0.3, 0.4) is 0 Å². The lowest BCUT2D eigenvalue weighted by Gasteiger charge is -2.57. The summed E-state index contributed by atoms with van der Waals surface area (Å²) in [6, 6.07) is 0. The number of allylic oxidation sites excluding steroid dienone is 1. The summed E-state index contributed by atoms with van der Waals surface area (Å²) < 4.78 is 53.1. The lowest BCUT2D eigenvalue weighted by Crippen LogP contribution is -2.67. The number of Topliss-reactive ketones (excluding diaryl/α,β-unsaturated/α-hetero) is 1. The molecule has 8 fully saturated rings. The molecule has 0 aromatic carbocycles. The van der Waals surface area contributed by atoms with E-state index in [2.05, 4.69) is 13.0 Å². The SMILES string of the molecule is C[C@H](CCC1(O)O[C@H]2C[C@H]3[C@@H]4CC=C5C[C@@H](O[C@@H]6O[C@H](CO)[C@H](O[C@@H]7O[C@H](CO)[C@@H](O)[C@H](O)[C@H]7O[C@@H]7O[C@H](CO)[C@@H](O)[C@H](O)[C@H]7O)[C@H](O)[C@H]6O)CC[C@]5(C)[C@H]4CC(=O)[C@]3(C)[C@H]2[C@@H]1C)CO[C@@H]1O[C@H](CO)[C@@H](O)[C@H](O)[C@H]1O. The molecule has 25 heteroatoms. The molecule has 15 N–H and O–H groups in total. The zero-order chi connectivity index (χ0) is 55.1. The Labute approximate surface area is 439 Å². The van der Waals surface area contributed by atoms with Gasteiger partial charge in [0.05, 0.1) is 45.2 Å². The molecule has 5 aliphatic heterocycles. The lowest BCUT2D eigenvalue weighted by atomic mass is 9.46. The minimum absolute atomic E-state index is 0.00416. The molecule has 25 nitrogen and oxygen atoms in total. The Balaban J connectivity index is 0.810. The quantitative estimate of drug-likeness (QED) is 0.0645. The molecule has 5 heterocycles. The maximum atomic E-state index is 14.7. The Morgan fingerprint density at radius 2 is 1.17 bits per heavy atom. The molecule has 0 spiro atoms. The van der Waals surface area contributed by atoms with Crippen molar-refractivity contribution >= 4 is 5.78 Å². The van der Waals surface area contributed by atoms with Gasteiger partial charge in [0.25, 0.3) is 0 Å². The Morgan fingerprint density at radius 3 is 1.80 bits per heavy atom. The van der Waals surface area contributed by atoms with E-state index in [0.29, 0.717) is 44.9 Å². The first-order chi connectivity index (χ1) is 35.9. The molecule has 0 bridgehead atoms. The topological polar surface area (TPSA) is 404 Å². The molecule has 9 aliphatic rings. The van der Waals surface area contributed by atoms with Crippen molar-refractivity contribution in [2.45, 2.75) is 220 Å². The Hall–Kier alpha value is -1.55. The van der Waals surface area contributed by atoms with E-state index >= 15 is 0 Å². The fourth-order valence-electron chi connectivity index (χ4n) is 14.7. The molecule has 76 heavy (non-hydrogen) atoms. The second-order valence-corrected chi connectivity index (χ2v) is 23.7. The molecule has 5 saturated heterocycles. The average Bonchev–Trinajstić information content (AvgIpc) is 3.85. The molecule has 4 aliphatic carbocycles. The van der Waals surface area contributed by atoms with E-state index in [1.807, 2.05) is 20.8 Å². The summed E-state index contributed by atoms with van der Waals surface area (Å²) in [7, 11) is 0. The fraction of sp³-hybridized carbons (Fsp3) is 0.941. The summed E-state index contributed by atoms with van der Waals surface area (Å²) in [4.78, 5) is 14.7. The second kappa shape index (κ2) is 23.0. The number of rotatable bonds is 16. The molecule has 0 aromatic rings. The number of aliphatic hydroxyl groups excluding tert-OH is 14. The van der Waals surface area contributed by atoms with Gasteiger partial charge in [-0.15, -0.1) is 0 Å². The summed E-state index contributed by atoms with van der Waals surface area (Å²) in [5.74, 6) is -1.91. The van der Waals surface area contributed by atoms with Crippen LogP contribution in [0.15, 0.2) is 11.6 Å². The number of carbonyl (C=O) groups excluding carboxylic acids is 1. The zero-order valence-electron chi connectivity index (χ0n) is 43.2. The smallest absolute Gasteiger partial charge is 0.187 e. The highest BCUT2D eigenvalue weighted by molar-refractivity contribution is 5.87. The molecular weight excluding hydrogens is 1010 g/mol. The molecule has 3 saturated carbocycles. The Kier molecular flexibility index (Phi) is 17.9. The van der Waals surface area contributed by atoms with E-state index in [1.165, 1.54) is 0 Å². The molecule has 9 rings (SSSR count). The van der Waals surface area contributed by atoms with E-state index in [1.54, 1.807) is 0 Å². The largest absolute Gasteiger partial charge is 0.394 e. The first kappa shape index (κ1) is 59.1. The standard InChI is InChI=1S/C51H82O25/c1-19(18-68-45-40(64)36(60)33(57)27(14-52)70-45)7-10-51(67)20(2)32-26(76-51)12-25-23-6-5-21-11-22(8-9-49(21,3)24(23)13-31(56)50(25,32)4)69-46-42(66)39(63)43(30(17-55)73-46)74-48-44(38(62)35(59)29(16-54)72-48)75-47-41(65)37(61)34(58)28(15-53)71-47/h5,19-20,22-30,32-48,52-55,57-67H,6-18H2,1-4H3/t19-,20+,22+,23-,24+,25+,26+,27-,28-,29-,30-,32+,33-,34-,35-,36+,37+,38+,39-,40-,41-,42-,43+,44-,45-,46-,47+,48+,49+,50-,51?/m1/s1. The summed E-state index contributed by atoms with van der Waals surface area (Å²) in [5.41, 5.74) is 0.00157. The van der Waals surface area contributed by atoms with Gasteiger partial charge in [-0.1, -0.05) is 39.3 Å². The van der Waals surface area contributed by atoms with E-state index in [9.17, 15) is 81.4 Å². The van der Waals surface area contributed by atoms with Crippen molar-refractivity contribution in [2.24, 2.45) is 46.3 Å². The van der Waals surface area contributed by atoms with Gasteiger partial charge < -0.3 is 119 Å². The summed E-state index contributed by atoms with van der Waals surface area (Å²) in [6.07, 6.45) is -27.3. The molecule has 31 atom stereocenters. The predicted octanol–water partition coefficient (Wildman–Crippen LogP) is -4.86. The van der Waals surface area contributed by atoms with Crippen LogP contribution in [0.1, 0.15) is 79.1 Å². The average molecular weight is 1100 g/mol. The molecule has 0 aromatic heterocycles. The second-order valence-electron chi connectivity index (χ2n) is 23.7. The number of aliphatic hydroxyl groups is 15. The molecule has 0 amide bonds. The first-order valence-corrected chi connectivity index (χ1v) is 27.0. The number of hydrogen-bond donors (Lipinski definition) is 15. The highest BCUT2D eigenvalue weighted by atomic mass is 16.8. The molecule has 436 valence electrons. The van der Waals surface area contributed by atoms with Crippen LogP contribution in [0.2, 0.25) is 0 Å². The third-order valence-corrected chi connectivity index (χ3v) is 19.4. The van der Waals surface area contributed by atoms with Crippen molar-refractivity contribution in [3.8, 4) is 0 Å². The highest BCUT2D eigenvalue weighted by Gasteiger charge is 2.71. The van der Waals surface area contributed by atoms with Crippen LogP contribution >= 0.6 is 0 Å². The van der Waals surface area contributed by atoms with Crippen molar-refractivity contribution in [3.63, 3.8) is 0 Å². The van der Waals surface area contributed by atoms with Gasteiger partial charge in [-0.05, 0) is 67.6 Å². The third kappa shape index (κ3) is 10.3. The molecule has 0 radical (unpaired) electrons. The van der Waals surface area contributed by atoms with E-state index in [-0.39, 0.29) is 65.8 Å². The maximum Gasteiger partial charge on any atom is 0.187 e. The van der Waals surface area contributed by atoms with Gasteiger partial charge in [0, 0.05) is 30.1 Å². The zero-order valence-corrected chi connectivity index (χ0v) is 43.2. The summed E-state index contributed by atoms with van der Waals surface area (Å²) in [6.45, 7) is 5.20. The van der Waals surface area contributed by atoms with Gasteiger partial charge in [-0.3, -0.25) is 4.79 Å². The van der Waals surface area contributed by atoms with Crippen LogP contribution in [0.5, 0.6) is 0 Å². The number of ketones is 1. The first-order valence-electron chi connectivity index (χ1n) is 27.0. The highest BCUT2D eigenvalue weighted by Crippen LogP contribution is 2.69. The molecular formula is C51H82O25. The van der Waals surface area contributed by atoms with Crippen molar-refractivity contribution in [1.29, 1.82) is 0 Å². The van der Waals surface area contributed by atoms with Crippen molar-refractivity contribution in [3.05, 3.63) is 11.6 Å². The monoisotopic (exact) mass is 1090 g/mol. The van der Waals surface area contributed by atoms with Crippen LogP contribution in [-0.4, -0.2) is 256 Å². The Bertz CT molecular complexity index is 2020. The van der Waals surface area contributed by atoms with Crippen LogP contribution in [-0.2, 0) is 47.4 Å². The van der Waals surface area contributed by atoms with Crippen molar-refractivity contribution < 1.29 is 124 Å². The number of carbonyl (C=O) groups is 1. The van der Waals surface area contributed by atoms with Crippen LogP contribution in [0, 0.1) is 46.3 Å². The van der Waals surface area contributed by atoms with Crippen molar-refractivity contribution in [2.75, 3.05) is 33.0 Å². The van der Waals surface area contributed by atoms with Gasteiger partial charge in [0.1, 0.15) is 103 Å². The van der Waals surface area contributed by atoms with E-state index in [4.69, 9.17) is 42.6 Å². The van der Waals surface area contributed by atoms with Gasteiger partial charge in [-0.2, -0.15) is 0 Å². The summed E-state index contributed by atoms with van der Waals surface area (Å²) >= 11 is 0. The minimum Gasteiger partial charge on any atom is -0.394 e. The van der Waals surface area contributed by atoms with E-state index < -0.39 is 167 Å². The van der Waals surface area contributed by atoms with Crippen LogP contribution in [0.25, 0.3) is 0 Å². The summed E-state index contributed by atoms with van der Waals surface area (Å²) in [5, 5.41) is 159. The van der Waals surface area contributed by atoms with Gasteiger partial charge in [0.2, 0.25) is 0 Å². The Morgan fingerprint density at radius 1 is 0.645 bits per heavy atom. The van der Waals surface area contributed by atoms with Gasteiger partial charge >= 0.3 is 0 Å². The third-order valence-electron chi connectivity index (χ3n) is 19.4. The number of hydrogen-bond acceptors (Lipinski definition) is 25. The maximum absolute atomic E-state index is 14.7. The number of ether oxygens (including phenoxy) is 9. The van der Waals surface area contributed by atoms with Crippen LogP contribution < -0.4 is 0 Å². The van der Waals surface area contributed by atoms with Crippen LogP contribution in [0.4, 0.5) is 0 Å². The normalized spacial score (nSPS) is 53.8. The lowest BCUT2D eigenvalue weighted by molar-refractivity contribution is -0.390. The van der Waals surface area contributed by atoms with Gasteiger partial charge in [-0.25, -0.2) is 0 Å². The van der Waals surface area contributed by atoms with Crippen molar-refractivity contribution in [1.82, 2.24) is 0 Å². The predicted molar refractivity (Wildman–Crippen MR) is 252 cm³/mol. The van der Waals surface area contributed by atoms with Gasteiger partial charge in [0.15, 0.2) is 30.9 Å².